The molecule has 4 rings (SSSR count). The smallest absolute Gasteiger partial charge is 0.272 e. The molecule has 2 aliphatic rings. The van der Waals surface area contributed by atoms with Gasteiger partial charge in [0.1, 0.15) is 11.5 Å². The van der Waals surface area contributed by atoms with E-state index < -0.39 is 72.8 Å². The van der Waals surface area contributed by atoms with Crippen LogP contribution in [0.15, 0.2) is 40.2 Å². The Morgan fingerprint density at radius 3 is 2.38 bits per heavy atom. The highest BCUT2D eigenvalue weighted by molar-refractivity contribution is 7.90. The highest BCUT2D eigenvalue weighted by atomic mass is 35.5. The molecule has 17 heteroatoms. The molecule has 2 saturated heterocycles. The number of nitrogens with two attached hydrogens (primary N) is 1. The van der Waals surface area contributed by atoms with Crippen LogP contribution in [0, 0.1) is 23.2 Å². The number of piperidine rings is 2. The molecule has 3 amide bonds. The van der Waals surface area contributed by atoms with Gasteiger partial charge in [0.25, 0.3) is 10.0 Å². The van der Waals surface area contributed by atoms with Crippen molar-refractivity contribution >= 4 is 68.3 Å². The van der Waals surface area contributed by atoms with Crippen molar-refractivity contribution in [2.45, 2.75) is 36.6 Å². The number of anilines is 1. The Morgan fingerprint density at radius 1 is 1.10 bits per heavy atom. The number of rotatable bonds is 6. The number of amides is 3. The highest BCUT2D eigenvalue weighted by Gasteiger charge is 2.44. The van der Waals surface area contributed by atoms with Crippen molar-refractivity contribution in [3.63, 3.8) is 0 Å². The van der Waals surface area contributed by atoms with Gasteiger partial charge in [0.05, 0.1) is 21.8 Å². The maximum absolute atomic E-state index is 14.1. The van der Waals surface area contributed by atoms with E-state index >= 15 is 0 Å². The standard InChI is InChI=1S/C25H24Cl2FN7O6S/c26-16-2-3-18(33-25(30)34(12-29)19-4-1-14(28)10-17(19)27)22(38)23(16)42(40,41)35(15-6-8-32-21(37)11-15)24(39)13-5-7-31-20(36)9-13/h1-4,10,13,15,38H,5-9,11H2,(H2,30,33)(H,31,36)(H,32,37). The van der Waals surface area contributed by atoms with Crippen molar-refractivity contribution in [2.75, 3.05) is 18.0 Å². The van der Waals surface area contributed by atoms with Gasteiger partial charge in [-0.05, 0) is 43.2 Å². The summed E-state index contributed by atoms with van der Waals surface area (Å²) in [6, 6.07) is 4.21. The summed E-state index contributed by atoms with van der Waals surface area (Å²) in [7, 11) is -4.96. The van der Waals surface area contributed by atoms with E-state index in [1.54, 1.807) is 6.19 Å². The van der Waals surface area contributed by atoms with Gasteiger partial charge in [-0.25, -0.2) is 27.0 Å². The highest BCUT2D eigenvalue weighted by Crippen LogP contribution is 2.42. The molecule has 2 aromatic rings. The van der Waals surface area contributed by atoms with Crippen LogP contribution in [0.25, 0.3) is 0 Å². The van der Waals surface area contributed by atoms with Gasteiger partial charge in [-0.15, -0.1) is 0 Å². The van der Waals surface area contributed by atoms with Crippen LogP contribution in [0.2, 0.25) is 10.0 Å². The molecule has 2 atom stereocenters. The lowest BCUT2D eigenvalue weighted by Gasteiger charge is -2.36. The van der Waals surface area contributed by atoms with E-state index in [9.17, 15) is 37.6 Å². The largest absolute Gasteiger partial charge is 0.504 e. The van der Waals surface area contributed by atoms with Gasteiger partial charge in [-0.1, -0.05) is 23.2 Å². The van der Waals surface area contributed by atoms with Crippen molar-refractivity contribution in [2.24, 2.45) is 16.6 Å². The Bertz CT molecular complexity index is 1630. The van der Waals surface area contributed by atoms with Crippen molar-refractivity contribution in [3.8, 4) is 11.9 Å². The van der Waals surface area contributed by atoms with Gasteiger partial charge in [0, 0.05) is 31.8 Å². The van der Waals surface area contributed by atoms with Crippen LogP contribution in [0.4, 0.5) is 15.8 Å². The van der Waals surface area contributed by atoms with Crippen molar-refractivity contribution in [3.05, 3.63) is 46.2 Å². The summed E-state index contributed by atoms with van der Waals surface area (Å²) in [6.45, 7) is 0.238. The normalized spacial score (nSPS) is 19.3. The molecular formula is C25H24Cl2FN7O6S. The molecule has 13 nitrogen and oxygen atoms in total. The number of hydrogen-bond donors (Lipinski definition) is 4. The molecule has 2 unspecified atom stereocenters. The Labute approximate surface area is 249 Å². The van der Waals surface area contributed by atoms with Gasteiger partial charge < -0.3 is 21.5 Å². The number of guanidine groups is 1. The van der Waals surface area contributed by atoms with E-state index in [0.29, 0.717) is 9.21 Å². The van der Waals surface area contributed by atoms with Gasteiger partial charge in [0.15, 0.2) is 16.8 Å². The Morgan fingerprint density at radius 2 is 1.76 bits per heavy atom. The average molecular weight is 640 g/mol. The quantitative estimate of drug-likeness (QED) is 0.158. The first-order chi connectivity index (χ1) is 19.8. The lowest BCUT2D eigenvalue weighted by molar-refractivity contribution is -0.138. The number of nitrogens with zero attached hydrogens (tertiary/aromatic N) is 4. The predicted molar refractivity (Wildman–Crippen MR) is 150 cm³/mol. The van der Waals surface area contributed by atoms with E-state index in [1.807, 2.05) is 0 Å². The fourth-order valence-corrected chi connectivity index (χ4v) is 7.19. The number of carbonyl (C=O) groups is 3. The second-order valence-electron chi connectivity index (χ2n) is 9.42. The van der Waals surface area contributed by atoms with Crippen LogP contribution in [0.3, 0.4) is 0 Å². The predicted octanol–water partition coefficient (Wildman–Crippen LogP) is 2.09. The van der Waals surface area contributed by atoms with Gasteiger partial charge in [-0.2, -0.15) is 5.26 Å². The summed E-state index contributed by atoms with van der Waals surface area (Å²) in [5, 5.41) is 25.3. The fraction of sp³-hybridized carbons (Fsp3) is 0.320. The first-order valence-electron chi connectivity index (χ1n) is 12.5. The minimum Gasteiger partial charge on any atom is -0.504 e. The number of benzene rings is 2. The third-order valence-electron chi connectivity index (χ3n) is 6.66. The van der Waals surface area contributed by atoms with E-state index in [1.165, 1.54) is 0 Å². The zero-order chi connectivity index (χ0) is 30.8. The zero-order valence-electron chi connectivity index (χ0n) is 21.7. The zero-order valence-corrected chi connectivity index (χ0v) is 24.0. The molecule has 2 aromatic carbocycles. The maximum Gasteiger partial charge on any atom is 0.272 e. The molecule has 2 fully saturated rings. The van der Waals surface area contributed by atoms with Crippen molar-refractivity contribution in [1.82, 2.24) is 14.9 Å². The summed E-state index contributed by atoms with van der Waals surface area (Å²) < 4.78 is 42.2. The fourth-order valence-electron chi connectivity index (χ4n) is 4.67. The molecule has 0 radical (unpaired) electrons. The number of phenolic OH excluding ortho intramolecular Hbond substituents is 1. The Kier molecular flexibility index (Phi) is 9.09. The third-order valence-corrected chi connectivity index (χ3v) is 9.31. The number of hydrogen-bond acceptors (Lipinski definition) is 8. The number of carbonyl (C=O) groups excluding carboxylic acids is 3. The monoisotopic (exact) mass is 639 g/mol. The number of phenols is 1. The number of halogens is 3. The molecule has 2 aliphatic heterocycles. The number of nitriles is 1. The molecule has 222 valence electrons. The first-order valence-corrected chi connectivity index (χ1v) is 14.7. The summed E-state index contributed by atoms with van der Waals surface area (Å²) in [4.78, 5) is 41.6. The summed E-state index contributed by atoms with van der Waals surface area (Å²) in [5.41, 5.74) is 5.48. The lowest BCUT2D eigenvalue weighted by Crippen LogP contribution is -2.53. The third kappa shape index (κ3) is 6.20. The van der Waals surface area contributed by atoms with Crippen LogP contribution in [0.1, 0.15) is 25.7 Å². The van der Waals surface area contributed by atoms with Gasteiger partial charge in [-0.3, -0.25) is 14.4 Å². The number of aromatic hydroxyl groups is 1. The number of sulfonamides is 1. The molecule has 0 bridgehead atoms. The Balaban J connectivity index is 1.80. The topological polar surface area (TPSA) is 198 Å². The molecule has 0 aromatic heterocycles. The minimum atomic E-state index is -4.96. The second kappa shape index (κ2) is 12.4. The van der Waals surface area contributed by atoms with Crippen LogP contribution in [-0.2, 0) is 24.4 Å². The molecule has 2 heterocycles. The molecule has 0 saturated carbocycles. The van der Waals surface area contributed by atoms with Gasteiger partial charge >= 0.3 is 0 Å². The van der Waals surface area contributed by atoms with E-state index in [2.05, 4.69) is 15.6 Å². The van der Waals surface area contributed by atoms with E-state index in [-0.39, 0.29) is 49.5 Å². The summed E-state index contributed by atoms with van der Waals surface area (Å²) in [6.07, 6.45) is 1.34. The Hall–Kier alpha value is -4.13. The van der Waals surface area contributed by atoms with Crippen LogP contribution in [-0.4, -0.2) is 60.6 Å². The van der Waals surface area contributed by atoms with Crippen molar-refractivity contribution in [1.29, 1.82) is 5.26 Å². The molecule has 42 heavy (non-hydrogen) atoms. The first kappa shape index (κ1) is 30.8. The van der Waals surface area contributed by atoms with E-state index in [0.717, 1.165) is 30.3 Å². The molecule has 0 aliphatic carbocycles. The lowest BCUT2D eigenvalue weighted by atomic mass is 9.95. The summed E-state index contributed by atoms with van der Waals surface area (Å²) in [5.74, 6) is -5.08. The van der Waals surface area contributed by atoms with Crippen LogP contribution < -0.4 is 21.3 Å². The molecule has 5 N–H and O–H groups in total. The number of nitrogens with one attached hydrogen (secondary N) is 2. The molecular weight excluding hydrogens is 616 g/mol. The van der Waals surface area contributed by atoms with E-state index in [4.69, 9.17) is 28.9 Å². The summed E-state index contributed by atoms with van der Waals surface area (Å²) >= 11 is 12.3. The van der Waals surface area contributed by atoms with Crippen LogP contribution in [0.5, 0.6) is 5.75 Å². The van der Waals surface area contributed by atoms with Gasteiger partial charge in [0.2, 0.25) is 23.7 Å². The molecule has 0 spiro atoms. The second-order valence-corrected chi connectivity index (χ2v) is 12.0. The number of aliphatic imine (C=N–C) groups is 1. The maximum atomic E-state index is 14.1. The minimum absolute atomic E-state index is 0.0491. The average Bonchev–Trinajstić information content (AvgIpc) is 2.92. The van der Waals surface area contributed by atoms with Crippen molar-refractivity contribution < 1.29 is 32.3 Å². The SMILES string of the molecule is N#CN(C(N)=Nc1ccc(Cl)c(S(=O)(=O)N(C(=O)C2CCNC(=O)C2)C2CCNC(=O)C2)c1O)c1ccc(F)cc1Cl. The van der Waals surface area contributed by atoms with Crippen LogP contribution >= 0.6 is 23.2 Å².